The summed E-state index contributed by atoms with van der Waals surface area (Å²) in [5.74, 6) is 0.825. The summed E-state index contributed by atoms with van der Waals surface area (Å²) < 4.78 is 6.87. The third-order valence-corrected chi connectivity index (χ3v) is 4.60. The normalized spacial score (nSPS) is 12.4. The fourth-order valence-corrected chi connectivity index (χ4v) is 3.33. The van der Waals surface area contributed by atoms with Crippen LogP contribution >= 0.6 is 38.9 Å². The van der Waals surface area contributed by atoms with Gasteiger partial charge in [-0.3, -0.25) is 0 Å². The summed E-state index contributed by atoms with van der Waals surface area (Å²) in [5, 5.41) is 8.16. The molecule has 2 rings (SSSR count). The molecule has 2 aromatic rings. The molecular formula is C13H13BrClNOS. The summed E-state index contributed by atoms with van der Waals surface area (Å²) in [7, 11) is 1.93. The molecule has 1 N–H and O–H groups in total. The van der Waals surface area contributed by atoms with E-state index in [1.165, 1.54) is 5.56 Å². The van der Waals surface area contributed by atoms with Crippen LogP contribution in [0.2, 0.25) is 5.02 Å². The lowest BCUT2D eigenvalue weighted by Crippen LogP contribution is -2.23. The van der Waals surface area contributed by atoms with Crippen LogP contribution in [0.15, 0.2) is 39.5 Å². The summed E-state index contributed by atoms with van der Waals surface area (Å²) in [6, 6.07) is 7.56. The highest BCUT2D eigenvalue weighted by Gasteiger charge is 2.14. The largest absolute Gasteiger partial charge is 0.492 e. The van der Waals surface area contributed by atoms with Gasteiger partial charge in [-0.05, 0) is 58.2 Å². The van der Waals surface area contributed by atoms with E-state index in [1.807, 2.05) is 31.3 Å². The number of benzene rings is 1. The van der Waals surface area contributed by atoms with Crippen LogP contribution in [0.4, 0.5) is 0 Å². The molecule has 0 saturated heterocycles. The van der Waals surface area contributed by atoms with Crippen molar-refractivity contribution in [3.8, 4) is 5.75 Å². The molecule has 0 aliphatic rings. The van der Waals surface area contributed by atoms with Crippen LogP contribution in [0.5, 0.6) is 5.75 Å². The molecule has 1 atom stereocenters. The molecule has 96 valence electrons. The molecule has 1 aromatic heterocycles. The van der Waals surface area contributed by atoms with Gasteiger partial charge >= 0.3 is 0 Å². The Morgan fingerprint density at radius 2 is 2.06 bits per heavy atom. The van der Waals surface area contributed by atoms with Gasteiger partial charge in [0, 0.05) is 14.9 Å². The number of halogens is 2. The molecule has 5 heteroatoms. The Bertz CT molecular complexity index is 500. The molecule has 0 aliphatic carbocycles. The molecule has 2 nitrogen and oxygen atoms in total. The number of rotatable bonds is 5. The number of likely N-dealkylation sites (N-methyl/N-ethyl adjacent to an activating group) is 1. The van der Waals surface area contributed by atoms with Crippen molar-refractivity contribution in [2.45, 2.75) is 6.04 Å². The van der Waals surface area contributed by atoms with Gasteiger partial charge in [0.1, 0.15) is 12.4 Å². The average molecular weight is 347 g/mol. The molecule has 0 saturated carbocycles. The Kier molecular flexibility index (Phi) is 5.06. The second-order valence-corrected chi connectivity index (χ2v) is 5.82. The third-order valence-electron chi connectivity index (χ3n) is 2.60. The van der Waals surface area contributed by atoms with Crippen LogP contribution in [0.3, 0.4) is 0 Å². The SMILES string of the molecule is CNC(COc1ccc(Cl)cc1)c1cscc1Br. The number of ether oxygens (including phenoxy) is 1. The standard InChI is InChI=1S/C13H13BrClNOS/c1-16-13(11-7-18-8-12(11)14)6-17-10-4-2-9(15)3-5-10/h2-5,7-8,13,16H,6H2,1H3. The highest BCUT2D eigenvalue weighted by molar-refractivity contribution is 9.10. The van der Waals surface area contributed by atoms with Crippen LogP contribution in [0.25, 0.3) is 0 Å². The predicted octanol–water partition coefficient (Wildman–Crippen LogP) is 4.50. The molecule has 0 amide bonds. The lowest BCUT2D eigenvalue weighted by molar-refractivity contribution is 0.273. The Morgan fingerprint density at radius 3 is 2.61 bits per heavy atom. The van der Waals surface area contributed by atoms with Gasteiger partial charge in [-0.25, -0.2) is 0 Å². The second kappa shape index (κ2) is 6.57. The van der Waals surface area contributed by atoms with E-state index in [-0.39, 0.29) is 6.04 Å². The van der Waals surface area contributed by atoms with Gasteiger partial charge in [0.2, 0.25) is 0 Å². The quantitative estimate of drug-likeness (QED) is 0.860. The van der Waals surface area contributed by atoms with E-state index in [0.717, 1.165) is 10.2 Å². The lowest BCUT2D eigenvalue weighted by Gasteiger charge is -2.16. The summed E-state index contributed by atoms with van der Waals surface area (Å²) in [6.45, 7) is 0.577. The predicted molar refractivity (Wildman–Crippen MR) is 80.8 cm³/mol. The van der Waals surface area contributed by atoms with Crippen molar-refractivity contribution in [3.63, 3.8) is 0 Å². The van der Waals surface area contributed by atoms with Gasteiger partial charge in [-0.15, -0.1) is 0 Å². The van der Waals surface area contributed by atoms with Gasteiger partial charge in [-0.1, -0.05) is 11.6 Å². The Labute approximate surface area is 124 Å². The van der Waals surface area contributed by atoms with Gasteiger partial charge < -0.3 is 10.1 Å². The summed E-state index contributed by atoms with van der Waals surface area (Å²) in [4.78, 5) is 0. The summed E-state index contributed by atoms with van der Waals surface area (Å²) in [6.07, 6.45) is 0. The monoisotopic (exact) mass is 345 g/mol. The van der Waals surface area contributed by atoms with E-state index >= 15 is 0 Å². The third kappa shape index (κ3) is 3.48. The highest BCUT2D eigenvalue weighted by atomic mass is 79.9. The van der Waals surface area contributed by atoms with Crippen molar-refractivity contribution in [1.29, 1.82) is 0 Å². The molecule has 0 spiro atoms. The number of hydrogen-bond acceptors (Lipinski definition) is 3. The van der Waals surface area contributed by atoms with Crippen molar-refractivity contribution in [2.75, 3.05) is 13.7 Å². The molecule has 18 heavy (non-hydrogen) atoms. The minimum atomic E-state index is 0.168. The van der Waals surface area contributed by atoms with E-state index < -0.39 is 0 Å². The molecule has 1 aromatic carbocycles. The first-order chi connectivity index (χ1) is 8.70. The van der Waals surface area contributed by atoms with Crippen LogP contribution in [0.1, 0.15) is 11.6 Å². The summed E-state index contributed by atoms with van der Waals surface area (Å²) >= 11 is 11.0. The Balaban J connectivity index is 2.00. The van der Waals surface area contributed by atoms with Crippen LogP contribution in [-0.2, 0) is 0 Å². The zero-order valence-electron chi connectivity index (χ0n) is 9.82. The minimum absolute atomic E-state index is 0.168. The first-order valence-corrected chi connectivity index (χ1v) is 7.59. The fraction of sp³-hybridized carbons (Fsp3) is 0.231. The van der Waals surface area contributed by atoms with Crippen molar-refractivity contribution in [2.24, 2.45) is 0 Å². The van der Waals surface area contributed by atoms with E-state index in [9.17, 15) is 0 Å². The fourth-order valence-electron chi connectivity index (χ4n) is 1.58. The molecule has 1 unspecified atom stereocenters. The van der Waals surface area contributed by atoms with Crippen molar-refractivity contribution in [1.82, 2.24) is 5.32 Å². The van der Waals surface area contributed by atoms with Crippen molar-refractivity contribution >= 4 is 38.9 Å². The van der Waals surface area contributed by atoms with E-state index in [1.54, 1.807) is 11.3 Å². The molecule has 0 aliphatic heterocycles. The number of nitrogens with one attached hydrogen (secondary N) is 1. The first-order valence-electron chi connectivity index (χ1n) is 5.48. The zero-order valence-corrected chi connectivity index (χ0v) is 13.0. The average Bonchev–Trinajstić information content (AvgIpc) is 2.79. The Morgan fingerprint density at radius 1 is 1.33 bits per heavy atom. The number of hydrogen-bond donors (Lipinski definition) is 1. The summed E-state index contributed by atoms with van der Waals surface area (Å²) in [5.41, 5.74) is 1.22. The second-order valence-electron chi connectivity index (χ2n) is 3.78. The van der Waals surface area contributed by atoms with Gasteiger partial charge in [0.05, 0.1) is 6.04 Å². The maximum absolute atomic E-state index is 5.83. The van der Waals surface area contributed by atoms with Gasteiger partial charge in [-0.2, -0.15) is 11.3 Å². The van der Waals surface area contributed by atoms with E-state index in [4.69, 9.17) is 16.3 Å². The molecule has 1 heterocycles. The van der Waals surface area contributed by atoms with Gasteiger partial charge in [0.15, 0.2) is 0 Å². The number of thiophene rings is 1. The molecule has 0 bridgehead atoms. The molecular weight excluding hydrogens is 334 g/mol. The van der Waals surface area contributed by atoms with E-state index in [2.05, 4.69) is 32.0 Å². The highest BCUT2D eigenvalue weighted by Crippen LogP contribution is 2.28. The zero-order chi connectivity index (χ0) is 13.0. The maximum Gasteiger partial charge on any atom is 0.119 e. The van der Waals surface area contributed by atoms with Crippen LogP contribution in [0, 0.1) is 0 Å². The first kappa shape index (κ1) is 13.9. The molecule has 0 radical (unpaired) electrons. The van der Waals surface area contributed by atoms with Crippen molar-refractivity contribution in [3.05, 3.63) is 50.1 Å². The van der Waals surface area contributed by atoms with Crippen LogP contribution < -0.4 is 10.1 Å². The minimum Gasteiger partial charge on any atom is -0.492 e. The molecule has 0 fully saturated rings. The van der Waals surface area contributed by atoms with Crippen LogP contribution in [-0.4, -0.2) is 13.7 Å². The lowest BCUT2D eigenvalue weighted by atomic mass is 10.2. The topological polar surface area (TPSA) is 21.3 Å². The maximum atomic E-state index is 5.83. The van der Waals surface area contributed by atoms with Crippen molar-refractivity contribution < 1.29 is 4.74 Å². The van der Waals surface area contributed by atoms with E-state index in [0.29, 0.717) is 11.6 Å². The smallest absolute Gasteiger partial charge is 0.119 e. The van der Waals surface area contributed by atoms with Gasteiger partial charge in [0.25, 0.3) is 0 Å². The Hall–Kier alpha value is -0.550.